The van der Waals surface area contributed by atoms with Gasteiger partial charge in [0.15, 0.2) is 0 Å². The number of sulfonamides is 1. The van der Waals surface area contributed by atoms with Crippen molar-refractivity contribution in [2.45, 2.75) is 52.0 Å². The Morgan fingerprint density at radius 1 is 1.12 bits per heavy atom. The van der Waals surface area contributed by atoms with Crippen molar-refractivity contribution in [2.24, 2.45) is 0 Å². The van der Waals surface area contributed by atoms with Crippen LogP contribution in [0.2, 0.25) is 0 Å². The highest BCUT2D eigenvalue weighted by Gasteiger charge is 2.21. The largest absolute Gasteiger partial charge is 0.372 e. The second-order valence-corrected chi connectivity index (χ2v) is 9.85. The van der Waals surface area contributed by atoms with E-state index in [4.69, 9.17) is 0 Å². The van der Waals surface area contributed by atoms with Gasteiger partial charge in [0.1, 0.15) is 0 Å². The lowest BCUT2D eigenvalue weighted by Gasteiger charge is -2.29. The molecule has 0 saturated carbocycles. The number of carbonyl (C=O) groups excluding carboxylic acids is 1. The standard InChI is InChI=1S/C19H31N3O3S/c1-19(2,3)20-18(23)12-15-22(26(4,24)25)17-10-8-16(9-11-17)21-13-6-5-7-14-21/h8-11H,5-7,12-15H2,1-4H3,(H,20,23). The Hall–Kier alpha value is -1.76. The number of piperidine rings is 1. The summed E-state index contributed by atoms with van der Waals surface area (Å²) in [4.78, 5) is 14.4. The topological polar surface area (TPSA) is 69.7 Å². The van der Waals surface area contributed by atoms with E-state index in [0.29, 0.717) is 5.69 Å². The molecule has 6 nitrogen and oxygen atoms in total. The molecule has 1 saturated heterocycles. The molecule has 146 valence electrons. The highest BCUT2D eigenvalue weighted by molar-refractivity contribution is 7.92. The number of carbonyl (C=O) groups is 1. The van der Waals surface area contributed by atoms with E-state index >= 15 is 0 Å². The molecule has 1 aromatic rings. The molecule has 0 spiro atoms. The SMILES string of the molecule is CC(C)(C)NC(=O)CCN(c1ccc(N2CCCCC2)cc1)S(C)(=O)=O. The fourth-order valence-corrected chi connectivity index (χ4v) is 4.08. The highest BCUT2D eigenvalue weighted by Crippen LogP contribution is 2.25. The first-order valence-electron chi connectivity index (χ1n) is 9.20. The maximum Gasteiger partial charge on any atom is 0.232 e. The zero-order valence-electron chi connectivity index (χ0n) is 16.3. The van der Waals surface area contributed by atoms with Crippen molar-refractivity contribution in [3.05, 3.63) is 24.3 Å². The minimum absolute atomic E-state index is 0.123. The van der Waals surface area contributed by atoms with Crippen LogP contribution in [-0.2, 0) is 14.8 Å². The van der Waals surface area contributed by atoms with E-state index in [-0.39, 0.29) is 24.4 Å². The maximum absolute atomic E-state index is 12.2. The summed E-state index contributed by atoms with van der Waals surface area (Å²) >= 11 is 0. The van der Waals surface area contributed by atoms with Gasteiger partial charge in [-0.25, -0.2) is 8.42 Å². The summed E-state index contributed by atoms with van der Waals surface area (Å²) in [6.07, 6.45) is 4.96. The van der Waals surface area contributed by atoms with Gasteiger partial charge < -0.3 is 10.2 Å². The third kappa shape index (κ3) is 6.20. The van der Waals surface area contributed by atoms with Gasteiger partial charge in [-0.1, -0.05) is 0 Å². The lowest BCUT2D eigenvalue weighted by atomic mass is 10.1. The molecule has 0 unspecified atom stereocenters. The van der Waals surface area contributed by atoms with E-state index in [2.05, 4.69) is 10.2 Å². The molecule has 2 rings (SSSR count). The highest BCUT2D eigenvalue weighted by atomic mass is 32.2. The summed E-state index contributed by atoms with van der Waals surface area (Å²) in [7, 11) is -3.46. The minimum atomic E-state index is -3.46. The molecule has 0 atom stereocenters. The van der Waals surface area contributed by atoms with Crippen LogP contribution >= 0.6 is 0 Å². The molecule has 1 heterocycles. The van der Waals surface area contributed by atoms with Crippen LogP contribution in [-0.4, -0.2) is 45.8 Å². The van der Waals surface area contributed by atoms with Crippen LogP contribution in [0, 0.1) is 0 Å². The van der Waals surface area contributed by atoms with Crippen LogP contribution in [0.1, 0.15) is 46.5 Å². The molecule has 1 aliphatic rings. The lowest BCUT2D eigenvalue weighted by Crippen LogP contribution is -2.42. The van der Waals surface area contributed by atoms with Crippen LogP contribution in [0.25, 0.3) is 0 Å². The van der Waals surface area contributed by atoms with Crippen LogP contribution in [0.3, 0.4) is 0 Å². The number of hydrogen-bond donors (Lipinski definition) is 1. The van der Waals surface area contributed by atoms with E-state index < -0.39 is 10.0 Å². The zero-order chi connectivity index (χ0) is 19.4. The monoisotopic (exact) mass is 381 g/mol. The minimum Gasteiger partial charge on any atom is -0.372 e. The third-order valence-corrected chi connectivity index (χ3v) is 5.51. The van der Waals surface area contributed by atoms with Gasteiger partial charge in [-0.3, -0.25) is 9.10 Å². The first kappa shape index (κ1) is 20.6. The van der Waals surface area contributed by atoms with Gasteiger partial charge in [0, 0.05) is 37.3 Å². The van der Waals surface area contributed by atoms with Crippen LogP contribution in [0.4, 0.5) is 11.4 Å². The van der Waals surface area contributed by atoms with E-state index in [1.165, 1.54) is 29.8 Å². The normalized spacial score (nSPS) is 15.6. The smallest absolute Gasteiger partial charge is 0.232 e. The molecular formula is C19H31N3O3S. The van der Waals surface area contributed by atoms with Crippen molar-refractivity contribution >= 4 is 27.3 Å². The predicted octanol–water partition coefficient (Wildman–Crippen LogP) is 2.75. The average molecular weight is 382 g/mol. The molecule has 1 N–H and O–H groups in total. The van der Waals surface area contributed by atoms with Crippen molar-refractivity contribution in [2.75, 3.05) is 35.1 Å². The second kappa shape index (κ2) is 8.29. The van der Waals surface area contributed by atoms with E-state index in [9.17, 15) is 13.2 Å². The van der Waals surface area contributed by atoms with Crippen LogP contribution < -0.4 is 14.5 Å². The van der Waals surface area contributed by atoms with Crippen molar-refractivity contribution in [1.29, 1.82) is 0 Å². The number of nitrogens with zero attached hydrogens (tertiary/aromatic N) is 2. The lowest BCUT2D eigenvalue weighted by molar-refractivity contribution is -0.122. The van der Waals surface area contributed by atoms with Crippen molar-refractivity contribution in [1.82, 2.24) is 5.32 Å². The Balaban J connectivity index is 2.08. The second-order valence-electron chi connectivity index (χ2n) is 7.95. The Morgan fingerprint density at radius 3 is 2.19 bits per heavy atom. The Kier molecular flexibility index (Phi) is 6.55. The summed E-state index contributed by atoms with van der Waals surface area (Å²) in [5.74, 6) is -0.156. The van der Waals surface area contributed by atoms with Gasteiger partial charge in [-0.15, -0.1) is 0 Å². The van der Waals surface area contributed by atoms with Crippen molar-refractivity contribution in [3.8, 4) is 0 Å². The quantitative estimate of drug-likeness (QED) is 0.823. The van der Waals surface area contributed by atoms with E-state index in [1.54, 1.807) is 0 Å². The summed E-state index contributed by atoms with van der Waals surface area (Å²) in [6, 6.07) is 7.58. The van der Waals surface area contributed by atoms with Crippen LogP contribution in [0.15, 0.2) is 24.3 Å². The number of benzene rings is 1. The van der Waals surface area contributed by atoms with Gasteiger partial charge >= 0.3 is 0 Å². The fourth-order valence-electron chi connectivity index (χ4n) is 3.15. The summed E-state index contributed by atoms with van der Waals surface area (Å²) in [6.45, 7) is 7.92. The summed E-state index contributed by atoms with van der Waals surface area (Å²) < 4.78 is 25.7. The number of rotatable bonds is 6. The van der Waals surface area contributed by atoms with Crippen LogP contribution in [0.5, 0.6) is 0 Å². The van der Waals surface area contributed by atoms with E-state index in [1.807, 2.05) is 45.0 Å². The number of anilines is 2. The Bertz CT molecular complexity index is 703. The molecule has 1 aromatic carbocycles. The molecule has 1 fully saturated rings. The van der Waals surface area contributed by atoms with E-state index in [0.717, 1.165) is 18.8 Å². The van der Waals surface area contributed by atoms with Gasteiger partial charge in [-0.05, 0) is 64.3 Å². The number of hydrogen-bond acceptors (Lipinski definition) is 4. The summed E-state index contributed by atoms with van der Waals surface area (Å²) in [5.41, 5.74) is 1.38. The van der Waals surface area contributed by atoms with Crippen molar-refractivity contribution in [3.63, 3.8) is 0 Å². The Morgan fingerprint density at radius 2 is 1.69 bits per heavy atom. The average Bonchev–Trinajstić information content (AvgIpc) is 2.53. The fraction of sp³-hybridized carbons (Fsp3) is 0.632. The number of nitrogens with one attached hydrogen (secondary N) is 1. The summed E-state index contributed by atoms with van der Waals surface area (Å²) in [5, 5.41) is 2.86. The molecule has 1 aliphatic heterocycles. The van der Waals surface area contributed by atoms with Gasteiger partial charge in [0.2, 0.25) is 15.9 Å². The molecule has 1 amide bonds. The third-order valence-electron chi connectivity index (χ3n) is 4.32. The Labute approximate surface area is 157 Å². The zero-order valence-corrected chi connectivity index (χ0v) is 17.1. The molecule has 26 heavy (non-hydrogen) atoms. The van der Waals surface area contributed by atoms with Gasteiger partial charge in [-0.2, -0.15) is 0 Å². The first-order valence-corrected chi connectivity index (χ1v) is 11.0. The molecule has 0 aliphatic carbocycles. The molecule has 0 bridgehead atoms. The molecular weight excluding hydrogens is 350 g/mol. The van der Waals surface area contributed by atoms with Gasteiger partial charge in [0.05, 0.1) is 11.9 Å². The maximum atomic E-state index is 12.2. The first-order chi connectivity index (χ1) is 12.1. The number of amides is 1. The predicted molar refractivity (Wildman–Crippen MR) is 107 cm³/mol. The molecule has 0 aromatic heterocycles. The van der Waals surface area contributed by atoms with Crippen molar-refractivity contribution < 1.29 is 13.2 Å². The molecule has 7 heteroatoms. The van der Waals surface area contributed by atoms with Gasteiger partial charge in [0.25, 0.3) is 0 Å². The molecule has 0 radical (unpaired) electrons.